The number of nitrogens with one attached hydrogen (secondary N) is 1. The average Bonchev–Trinajstić information content (AvgIpc) is 3.55. The lowest BCUT2D eigenvalue weighted by Gasteiger charge is -2.34. The molecular formula is C25H35N3O5. The highest BCUT2D eigenvalue weighted by atomic mass is 16.6. The first kappa shape index (κ1) is 22.3. The van der Waals surface area contributed by atoms with Crippen molar-refractivity contribution in [2.75, 3.05) is 46.0 Å². The molecule has 2 amide bonds. The van der Waals surface area contributed by atoms with E-state index >= 15 is 0 Å². The van der Waals surface area contributed by atoms with Gasteiger partial charge in [0.2, 0.25) is 5.91 Å². The first-order chi connectivity index (χ1) is 16.1. The summed E-state index contributed by atoms with van der Waals surface area (Å²) in [6.45, 7) is 7.68. The molecule has 1 spiro atoms. The van der Waals surface area contributed by atoms with Gasteiger partial charge in [-0.2, -0.15) is 0 Å². The molecule has 33 heavy (non-hydrogen) atoms. The number of rotatable bonds is 5. The van der Waals surface area contributed by atoms with Crippen LogP contribution in [0.15, 0.2) is 18.2 Å². The number of fused-ring (bicyclic) bond motifs is 1. The number of carbonyl (C=O) groups is 2. The molecule has 0 bridgehead atoms. The molecule has 8 heteroatoms. The first-order valence-corrected chi connectivity index (χ1v) is 12.4. The van der Waals surface area contributed by atoms with Crippen LogP contribution in [-0.4, -0.2) is 73.8 Å². The number of benzene rings is 1. The molecule has 8 nitrogen and oxygen atoms in total. The number of amides is 2. The second-order valence-corrected chi connectivity index (χ2v) is 9.84. The summed E-state index contributed by atoms with van der Waals surface area (Å²) in [5.74, 6) is 2.04. The van der Waals surface area contributed by atoms with Crippen molar-refractivity contribution >= 4 is 12.0 Å². The average molecular weight is 458 g/mol. The molecule has 180 valence electrons. The van der Waals surface area contributed by atoms with Gasteiger partial charge in [0, 0.05) is 31.6 Å². The van der Waals surface area contributed by atoms with E-state index in [9.17, 15) is 9.59 Å². The number of piperidine rings is 2. The largest absolute Gasteiger partial charge is 0.486 e. The van der Waals surface area contributed by atoms with Crippen LogP contribution >= 0.6 is 0 Å². The van der Waals surface area contributed by atoms with Gasteiger partial charge in [-0.25, -0.2) is 4.79 Å². The Morgan fingerprint density at radius 2 is 1.82 bits per heavy atom. The zero-order valence-electron chi connectivity index (χ0n) is 19.5. The third-order valence-corrected chi connectivity index (χ3v) is 7.74. The molecule has 3 heterocycles. The minimum absolute atomic E-state index is 0.150. The highest BCUT2D eigenvalue weighted by Gasteiger charge is 2.58. The minimum Gasteiger partial charge on any atom is -0.486 e. The Bertz CT molecular complexity index is 875. The van der Waals surface area contributed by atoms with Gasteiger partial charge in [0.1, 0.15) is 13.2 Å². The highest BCUT2D eigenvalue weighted by Crippen LogP contribution is 2.59. The number of ether oxygens (including phenoxy) is 3. The summed E-state index contributed by atoms with van der Waals surface area (Å²) in [7, 11) is 0. The minimum atomic E-state index is -0.244. The van der Waals surface area contributed by atoms with Crippen molar-refractivity contribution in [2.24, 2.45) is 11.3 Å². The van der Waals surface area contributed by atoms with Crippen molar-refractivity contribution in [2.45, 2.75) is 51.6 Å². The van der Waals surface area contributed by atoms with Crippen LogP contribution < -0.4 is 14.8 Å². The summed E-state index contributed by atoms with van der Waals surface area (Å²) in [6, 6.07) is 6.39. The molecule has 5 rings (SSSR count). The molecule has 0 aromatic heterocycles. The van der Waals surface area contributed by atoms with Gasteiger partial charge in [-0.1, -0.05) is 6.07 Å². The third kappa shape index (κ3) is 4.90. The zero-order chi connectivity index (χ0) is 22.8. The Morgan fingerprint density at radius 3 is 2.55 bits per heavy atom. The Balaban J connectivity index is 1.06. The fourth-order valence-electron chi connectivity index (χ4n) is 5.59. The maximum absolute atomic E-state index is 12.9. The fraction of sp³-hybridized carbons (Fsp3) is 0.680. The Morgan fingerprint density at radius 1 is 1.09 bits per heavy atom. The molecule has 1 unspecified atom stereocenters. The van der Waals surface area contributed by atoms with Crippen molar-refractivity contribution in [3.63, 3.8) is 0 Å². The van der Waals surface area contributed by atoms with Crippen molar-refractivity contribution in [1.29, 1.82) is 0 Å². The molecule has 1 saturated carbocycles. The molecule has 1 aromatic rings. The van der Waals surface area contributed by atoms with Gasteiger partial charge in [0.15, 0.2) is 11.5 Å². The molecule has 0 radical (unpaired) electrons. The van der Waals surface area contributed by atoms with Crippen LogP contribution in [0.25, 0.3) is 0 Å². The summed E-state index contributed by atoms with van der Waals surface area (Å²) < 4.78 is 16.4. The fourth-order valence-corrected chi connectivity index (χ4v) is 5.59. The zero-order valence-corrected chi connectivity index (χ0v) is 19.5. The summed E-state index contributed by atoms with van der Waals surface area (Å²) in [4.78, 5) is 29.0. The second kappa shape index (κ2) is 9.41. The van der Waals surface area contributed by atoms with E-state index in [1.807, 2.05) is 13.0 Å². The van der Waals surface area contributed by atoms with Gasteiger partial charge in [-0.3, -0.25) is 9.69 Å². The smallest absolute Gasteiger partial charge is 0.409 e. The SMILES string of the molecule is CCOC(=O)N1CCC(NC(=O)C2CC23CCN(Cc2ccc4c(c2)OCCO4)CC3)CC1. The van der Waals surface area contributed by atoms with E-state index in [0.29, 0.717) is 32.9 Å². The number of hydrogen-bond acceptors (Lipinski definition) is 6. The van der Waals surface area contributed by atoms with E-state index in [1.54, 1.807) is 4.90 Å². The lowest BCUT2D eigenvalue weighted by Crippen LogP contribution is -2.47. The number of hydrogen-bond donors (Lipinski definition) is 1. The lowest BCUT2D eigenvalue weighted by atomic mass is 9.90. The standard InChI is InChI=1S/C25H35N3O5/c1-2-31-24(30)28-9-5-19(6-10-28)26-23(29)20-16-25(20)7-11-27(12-8-25)17-18-3-4-21-22(15-18)33-14-13-32-21/h3-4,15,19-20H,2,5-14,16-17H2,1H3,(H,26,29). The summed E-state index contributed by atoms with van der Waals surface area (Å²) in [5.41, 5.74) is 1.44. The van der Waals surface area contributed by atoms with Crippen LogP contribution in [0.5, 0.6) is 11.5 Å². The monoisotopic (exact) mass is 457 g/mol. The molecule has 3 fully saturated rings. The van der Waals surface area contributed by atoms with Gasteiger partial charge in [-0.05, 0) is 75.2 Å². The summed E-state index contributed by atoms with van der Waals surface area (Å²) in [6.07, 6.45) is 4.53. The number of carbonyl (C=O) groups excluding carboxylic acids is 2. The van der Waals surface area contributed by atoms with Crippen LogP contribution in [0.1, 0.15) is 44.6 Å². The quantitative estimate of drug-likeness (QED) is 0.733. The lowest BCUT2D eigenvalue weighted by molar-refractivity contribution is -0.124. The van der Waals surface area contributed by atoms with Gasteiger partial charge in [0.05, 0.1) is 6.61 Å². The molecule has 1 N–H and O–H groups in total. The summed E-state index contributed by atoms with van der Waals surface area (Å²) >= 11 is 0. The molecule has 4 aliphatic rings. The van der Waals surface area contributed by atoms with Crippen molar-refractivity contribution in [3.8, 4) is 11.5 Å². The molecule has 1 aliphatic carbocycles. The highest BCUT2D eigenvalue weighted by molar-refractivity contribution is 5.83. The first-order valence-electron chi connectivity index (χ1n) is 12.4. The van der Waals surface area contributed by atoms with Crippen LogP contribution in [0, 0.1) is 11.3 Å². The third-order valence-electron chi connectivity index (χ3n) is 7.74. The van der Waals surface area contributed by atoms with Crippen LogP contribution in [0.2, 0.25) is 0 Å². The van der Waals surface area contributed by atoms with Gasteiger partial charge >= 0.3 is 6.09 Å². The van der Waals surface area contributed by atoms with E-state index in [-0.39, 0.29) is 29.4 Å². The van der Waals surface area contributed by atoms with E-state index in [2.05, 4.69) is 22.3 Å². The molecule has 1 aromatic carbocycles. The maximum atomic E-state index is 12.9. The van der Waals surface area contributed by atoms with Crippen molar-refractivity contribution in [1.82, 2.24) is 15.1 Å². The molecule has 1 atom stereocenters. The Kier molecular flexibility index (Phi) is 6.36. The topological polar surface area (TPSA) is 80.3 Å². The maximum Gasteiger partial charge on any atom is 0.409 e. The molecular weight excluding hydrogens is 422 g/mol. The normalized spacial score (nSPS) is 24.4. The van der Waals surface area contributed by atoms with E-state index in [0.717, 1.165) is 63.2 Å². The Labute approximate surface area is 195 Å². The van der Waals surface area contributed by atoms with Crippen molar-refractivity contribution < 1.29 is 23.8 Å². The molecule has 3 aliphatic heterocycles. The van der Waals surface area contributed by atoms with E-state index in [1.165, 1.54) is 5.56 Å². The van der Waals surface area contributed by atoms with Crippen molar-refractivity contribution in [3.05, 3.63) is 23.8 Å². The number of likely N-dealkylation sites (tertiary alicyclic amines) is 2. The van der Waals surface area contributed by atoms with Crippen LogP contribution in [0.4, 0.5) is 4.79 Å². The van der Waals surface area contributed by atoms with E-state index < -0.39 is 0 Å². The Hall–Kier alpha value is -2.48. The van der Waals surface area contributed by atoms with Gasteiger partial charge < -0.3 is 24.4 Å². The van der Waals surface area contributed by atoms with Crippen LogP contribution in [0.3, 0.4) is 0 Å². The second-order valence-electron chi connectivity index (χ2n) is 9.84. The van der Waals surface area contributed by atoms with Gasteiger partial charge in [0.25, 0.3) is 0 Å². The van der Waals surface area contributed by atoms with E-state index in [4.69, 9.17) is 14.2 Å². The number of nitrogens with zero attached hydrogens (tertiary/aromatic N) is 2. The predicted octanol–water partition coefficient (Wildman–Crippen LogP) is 2.80. The van der Waals surface area contributed by atoms with Crippen LogP contribution in [-0.2, 0) is 16.1 Å². The predicted molar refractivity (Wildman–Crippen MR) is 122 cm³/mol. The molecule has 2 saturated heterocycles. The summed E-state index contributed by atoms with van der Waals surface area (Å²) in [5, 5.41) is 3.27. The van der Waals surface area contributed by atoms with Gasteiger partial charge in [-0.15, -0.1) is 0 Å².